The normalized spacial score (nSPS) is 10.6. The van der Waals surface area contributed by atoms with E-state index in [1.165, 1.54) is 23.7 Å². The summed E-state index contributed by atoms with van der Waals surface area (Å²) in [5.41, 5.74) is 3.37. The van der Waals surface area contributed by atoms with Gasteiger partial charge in [-0.3, -0.25) is 0 Å². The zero-order valence-corrected chi connectivity index (χ0v) is 17.3. The van der Waals surface area contributed by atoms with Crippen LogP contribution in [0, 0.1) is 17.1 Å². The molecule has 4 rings (SSSR count). The van der Waals surface area contributed by atoms with E-state index in [1.54, 1.807) is 24.3 Å². The van der Waals surface area contributed by atoms with Crippen LogP contribution in [0.15, 0.2) is 48.8 Å². The highest BCUT2D eigenvalue weighted by atomic mass is 127. The first kappa shape index (κ1) is 18.5. The zero-order valence-electron chi connectivity index (χ0n) is 14.3. The van der Waals surface area contributed by atoms with Crippen molar-refractivity contribution >= 4 is 66.6 Å². The SMILES string of the molecule is N#Cc1ccc(Nc2nc3ncnc(Nc4ccc(F)c(CI)c4)c3s2)cc1. The van der Waals surface area contributed by atoms with Crippen LogP contribution in [-0.2, 0) is 4.43 Å². The van der Waals surface area contributed by atoms with Crippen molar-refractivity contribution in [3.8, 4) is 6.07 Å². The molecule has 0 radical (unpaired) electrons. The smallest absolute Gasteiger partial charge is 0.189 e. The van der Waals surface area contributed by atoms with Gasteiger partial charge < -0.3 is 10.6 Å². The predicted molar refractivity (Wildman–Crippen MR) is 117 cm³/mol. The van der Waals surface area contributed by atoms with E-state index in [4.69, 9.17) is 5.26 Å². The van der Waals surface area contributed by atoms with E-state index in [0.717, 1.165) is 16.1 Å². The number of alkyl halides is 1. The van der Waals surface area contributed by atoms with E-state index >= 15 is 0 Å². The lowest BCUT2D eigenvalue weighted by Gasteiger charge is -2.07. The van der Waals surface area contributed by atoms with Gasteiger partial charge in [0.05, 0.1) is 11.6 Å². The van der Waals surface area contributed by atoms with Crippen molar-refractivity contribution in [3.05, 3.63) is 65.7 Å². The number of hydrogen-bond donors (Lipinski definition) is 2. The molecule has 0 bridgehead atoms. The second kappa shape index (κ2) is 8.04. The Morgan fingerprint density at radius 3 is 2.61 bits per heavy atom. The fourth-order valence-electron chi connectivity index (χ4n) is 2.54. The molecule has 2 aromatic carbocycles. The van der Waals surface area contributed by atoms with Crippen LogP contribution in [0.1, 0.15) is 11.1 Å². The standard InChI is InChI=1S/C19H12FIN6S/c20-15-6-5-14(7-12(15)8-21)25-17-16-18(24-10-23-17)27-19(28-16)26-13-3-1-11(9-22)2-4-13/h1-7,10H,8H2,(H2,23,24,25,26,27). The first-order valence-corrected chi connectivity index (χ1v) is 10.5. The van der Waals surface area contributed by atoms with E-state index in [-0.39, 0.29) is 5.82 Å². The number of halogens is 2. The Morgan fingerprint density at radius 1 is 1.07 bits per heavy atom. The second-order valence-corrected chi connectivity index (χ2v) is 7.53. The van der Waals surface area contributed by atoms with Crippen molar-refractivity contribution in [2.45, 2.75) is 4.43 Å². The number of fused-ring (bicyclic) bond motifs is 1. The molecule has 0 aliphatic heterocycles. The van der Waals surface area contributed by atoms with Gasteiger partial charge in [0, 0.05) is 15.8 Å². The summed E-state index contributed by atoms with van der Waals surface area (Å²) >= 11 is 3.54. The fourth-order valence-corrected chi connectivity index (χ4v) is 4.01. The molecule has 2 heterocycles. The summed E-state index contributed by atoms with van der Waals surface area (Å²) in [7, 11) is 0. The van der Waals surface area contributed by atoms with Crippen LogP contribution in [0.3, 0.4) is 0 Å². The number of nitrogens with zero attached hydrogens (tertiary/aromatic N) is 4. The number of nitriles is 1. The molecule has 4 aromatic rings. The van der Waals surface area contributed by atoms with Crippen LogP contribution in [0.5, 0.6) is 0 Å². The average Bonchev–Trinajstić information content (AvgIpc) is 3.13. The van der Waals surface area contributed by atoms with Gasteiger partial charge in [-0.05, 0) is 48.0 Å². The topological polar surface area (TPSA) is 86.5 Å². The minimum absolute atomic E-state index is 0.223. The van der Waals surface area contributed by atoms with Crippen LogP contribution in [-0.4, -0.2) is 15.0 Å². The summed E-state index contributed by atoms with van der Waals surface area (Å²) in [6, 6.07) is 14.1. The van der Waals surface area contributed by atoms with Crippen molar-refractivity contribution in [3.63, 3.8) is 0 Å². The Morgan fingerprint density at radius 2 is 1.86 bits per heavy atom. The van der Waals surface area contributed by atoms with Crippen LogP contribution < -0.4 is 10.6 Å². The summed E-state index contributed by atoms with van der Waals surface area (Å²) < 4.78 is 15.1. The number of rotatable bonds is 5. The Hall–Kier alpha value is -2.84. The number of thiazole rings is 1. The van der Waals surface area contributed by atoms with E-state index in [0.29, 0.717) is 32.2 Å². The summed E-state index contributed by atoms with van der Waals surface area (Å²) in [5.74, 6) is 0.390. The molecule has 2 N–H and O–H groups in total. The Labute approximate surface area is 177 Å². The Kier molecular flexibility index (Phi) is 5.31. The van der Waals surface area contributed by atoms with E-state index < -0.39 is 0 Å². The first-order chi connectivity index (χ1) is 13.7. The molecule has 0 saturated heterocycles. The largest absolute Gasteiger partial charge is 0.339 e. The quantitative estimate of drug-likeness (QED) is 0.276. The molecular weight excluding hydrogens is 490 g/mol. The molecule has 9 heteroatoms. The molecular formula is C19H12FIN6S. The third-order valence-corrected chi connectivity index (χ3v) is 5.70. The monoisotopic (exact) mass is 502 g/mol. The van der Waals surface area contributed by atoms with Gasteiger partial charge in [0.2, 0.25) is 0 Å². The minimum atomic E-state index is -0.223. The van der Waals surface area contributed by atoms with Crippen LogP contribution in [0.25, 0.3) is 10.3 Å². The van der Waals surface area contributed by atoms with Gasteiger partial charge in [0.25, 0.3) is 0 Å². The van der Waals surface area contributed by atoms with Gasteiger partial charge in [0.15, 0.2) is 16.6 Å². The molecule has 0 saturated carbocycles. The molecule has 28 heavy (non-hydrogen) atoms. The molecule has 0 fully saturated rings. The molecule has 0 aliphatic rings. The summed E-state index contributed by atoms with van der Waals surface area (Å²) in [6.07, 6.45) is 1.44. The van der Waals surface area contributed by atoms with E-state index in [9.17, 15) is 4.39 Å². The number of nitrogens with one attached hydrogen (secondary N) is 2. The lowest BCUT2D eigenvalue weighted by Crippen LogP contribution is -1.96. The van der Waals surface area contributed by atoms with Crippen LogP contribution in [0.4, 0.5) is 26.7 Å². The highest BCUT2D eigenvalue weighted by Gasteiger charge is 2.12. The maximum absolute atomic E-state index is 13.7. The molecule has 0 aliphatic carbocycles. The maximum Gasteiger partial charge on any atom is 0.189 e. The van der Waals surface area contributed by atoms with Crippen molar-refractivity contribution < 1.29 is 4.39 Å². The third kappa shape index (κ3) is 3.88. The highest BCUT2D eigenvalue weighted by molar-refractivity contribution is 14.1. The van der Waals surface area contributed by atoms with Crippen molar-refractivity contribution in [1.29, 1.82) is 5.26 Å². The number of aromatic nitrogens is 3. The van der Waals surface area contributed by atoms with Crippen LogP contribution in [0.2, 0.25) is 0 Å². The number of hydrogen-bond acceptors (Lipinski definition) is 7. The third-order valence-electron chi connectivity index (χ3n) is 3.91. The molecule has 0 amide bonds. The molecule has 0 unspecified atom stereocenters. The summed E-state index contributed by atoms with van der Waals surface area (Å²) in [5, 5.41) is 16.0. The van der Waals surface area contributed by atoms with Crippen LogP contribution >= 0.6 is 33.9 Å². The van der Waals surface area contributed by atoms with Crippen molar-refractivity contribution in [1.82, 2.24) is 15.0 Å². The predicted octanol–water partition coefficient (Wildman–Crippen LogP) is 5.52. The molecule has 0 spiro atoms. The van der Waals surface area contributed by atoms with Gasteiger partial charge in [0.1, 0.15) is 16.8 Å². The molecule has 0 atom stereocenters. The van der Waals surface area contributed by atoms with Gasteiger partial charge in [-0.15, -0.1) is 0 Å². The molecule has 6 nitrogen and oxygen atoms in total. The summed E-state index contributed by atoms with van der Waals surface area (Å²) in [4.78, 5) is 13.0. The van der Waals surface area contributed by atoms with Gasteiger partial charge >= 0.3 is 0 Å². The average molecular weight is 502 g/mol. The van der Waals surface area contributed by atoms with E-state index in [1.807, 2.05) is 12.1 Å². The summed E-state index contributed by atoms with van der Waals surface area (Å²) in [6.45, 7) is 0. The zero-order chi connectivity index (χ0) is 19.5. The van der Waals surface area contributed by atoms with Gasteiger partial charge in [-0.25, -0.2) is 14.4 Å². The first-order valence-electron chi connectivity index (χ1n) is 8.16. The fraction of sp³-hybridized carbons (Fsp3) is 0.0526. The number of anilines is 4. The Balaban J connectivity index is 1.62. The van der Waals surface area contributed by atoms with E-state index in [2.05, 4.69) is 54.2 Å². The Bertz CT molecular complexity index is 1190. The lowest BCUT2D eigenvalue weighted by molar-refractivity contribution is 0.618. The second-order valence-electron chi connectivity index (χ2n) is 5.77. The highest BCUT2D eigenvalue weighted by Crippen LogP contribution is 2.33. The maximum atomic E-state index is 13.7. The van der Waals surface area contributed by atoms with Gasteiger partial charge in [-0.1, -0.05) is 33.9 Å². The minimum Gasteiger partial charge on any atom is -0.339 e. The molecule has 2 aromatic heterocycles. The van der Waals surface area contributed by atoms with Crippen molar-refractivity contribution in [2.24, 2.45) is 0 Å². The molecule has 138 valence electrons. The number of benzene rings is 2. The lowest BCUT2D eigenvalue weighted by atomic mass is 10.2. The van der Waals surface area contributed by atoms with Crippen molar-refractivity contribution in [2.75, 3.05) is 10.6 Å². The van der Waals surface area contributed by atoms with Gasteiger partial charge in [-0.2, -0.15) is 10.2 Å².